The lowest BCUT2D eigenvalue weighted by Gasteiger charge is -2.15. The van der Waals surface area contributed by atoms with E-state index in [4.69, 9.17) is 4.74 Å². The van der Waals surface area contributed by atoms with Gasteiger partial charge in [-0.3, -0.25) is 4.79 Å². The van der Waals surface area contributed by atoms with Gasteiger partial charge in [0.25, 0.3) is 5.78 Å². The maximum atomic E-state index is 11.6. The monoisotopic (exact) mass is 325 g/mol. The van der Waals surface area contributed by atoms with E-state index in [1.54, 1.807) is 11.4 Å². The van der Waals surface area contributed by atoms with Gasteiger partial charge in [-0.25, -0.2) is 4.98 Å². The Bertz CT molecular complexity index is 831. The molecule has 0 saturated carbocycles. The van der Waals surface area contributed by atoms with Crippen molar-refractivity contribution in [1.29, 1.82) is 0 Å². The summed E-state index contributed by atoms with van der Waals surface area (Å²) < 4.78 is 6.61. The first-order valence-corrected chi connectivity index (χ1v) is 7.85. The molecule has 0 radical (unpaired) electrons. The highest BCUT2D eigenvalue weighted by molar-refractivity contribution is 5.71. The second-order valence-corrected chi connectivity index (χ2v) is 5.42. The number of aromatic nitrogens is 4. The number of nitrogens with zero attached hydrogens (tertiary/aromatic N) is 4. The van der Waals surface area contributed by atoms with Crippen LogP contribution in [0.1, 0.15) is 20.3 Å². The van der Waals surface area contributed by atoms with Crippen molar-refractivity contribution < 1.29 is 9.53 Å². The molecular formula is C17H19N5O2. The molecule has 0 spiro atoms. The first-order valence-electron chi connectivity index (χ1n) is 7.85. The number of hydrogen-bond acceptors (Lipinski definition) is 6. The molecule has 0 aliphatic heterocycles. The number of carbonyl (C=O) groups is 1. The summed E-state index contributed by atoms with van der Waals surface area (Å²) in [6, 6.07) is 11.6. The molecule has 0 fully saturated rings. The number of rotatable bonds is 6. The van der Waals surface area contributed by atoms with Crippen LogP contribution < -0.4 is 5.32 Å². The molecule has 0 saturated heterocycles. The number of fused-ring (bicyclic) bond motifs is 1. The molecule has 0 amide bonds. The number of ether oxygens (including phenoxy) is 1. The minimum absolute atomic E-state index is 0.109. The Hall–Kier alpha value is -2.96. The highest BCUT2D eigenvalue weighted by atomic mass is 16.5. The van der Waals surface area contributed by atoms with Crippen molar-refractivity contribution in [3.8, 4) is 11.3 Å². The normalized spacial score (nSPS) is 12.1. The zero-order valence-electron chi connectivity index (χ0n) is 13.6. The first-order chi connectivity index (χ1) is 11.7. The molecule has 2 aromatic heterocycles. The lowest BCUT2D eigenvalue weighted by atomic mass is 10.1. The van der Waals surface area contributed by atoms with Crippen molar-refractivity contribution in [3.63, 3.8) is 0 Å². The largest absolute Gasteiger partial charge is 0.466 e. The smallest absolute Gasteiger partial charge is 0.307 e. The van der Waals surface area contributed by atoms with Crippen molar-refractivity contribution in [1.82, 2.24) is 19.6 Å². The number of nitrogens with one attached hydrogen (secondary N) is 1. The quantitative estimate of drug-likeness (QED) is 0.701. The summed E-state index contributed by atoms with van der Waals surface area (Å²) in [5, 5.41) is 7.48. The molecule has 1 unspecified atom stereocenters. The average molecular weight is 325 g/mol. The lowest BCUT2D eigenvalue weighted by molar-refractivity contribution is -0.143. The molecule has 3 aromatic rings. The summed E-state index contributed by atoms with van der Waals surface area (Å²) in [6.45, 7) is 4.10. The molecule has 1 N–H and O–H groups in total. The van der Waals surface area contributed by atoms with Crippen LogP contribution in [0.3, 0.4) is 0 Å². The van der Waals surface area contributed by atoms with Gasteiger partial charge in [0.1, 0.15) is 12.1 Å². The number of carbonyl (C=O) groups excluding carboxylic acids is 1. The van der Waals surface area contributed by atoms with E-state index in [0.29, 0.717) is 12.4 Å². The second kappa shape index (κ2) is 7.08. The van der Waals surface area contributed by atoms with Crippen LogP contribution in [-0.2, 0) is 9.53 Å². The van der Waals surface area contributed by atoms with Gasteiger partial charge in [0.15, 0.2) is 0 Å². The first kappa shape index (κ1) is 15.9. The highest BCUT2D eigenvalue weighted by Gasteiger charge is 2.14. The molecule has 24 heavy (non-hydrogen) atoms. The predicted octanol–water partition coefficient (Wildman–Crippen LogP) is 2.54. The molecule has 0 aliphatic carbocycles. The van der Waals surface area contributed by atoms with E-state index in [1.165, 1.54) is 6.33 Å². The molecule has 3 rings (SSSR count). The van der Waals surface area contributed by atoms with E-state index in [1.807, 2.05) is 43.3 Å². The van der Waals surface area contributed by atoms with Crippen LogP contribution in [0.2, 0.25) is 0 Å². The summed E-state index contributed by atoms with van der Waals surface area (Å²) in [5.74, 6) is 1.00. The van der Waals surface area contributed by atoms with Crippen LogP contribution in [0.15, 0.2) is 42.7 Å². The maximum absolute atomic E-state index is 11.6. The molecule has 1 aromatic carbocycles. The molecule has 124 valence electrons. The summed E-state index contributed by atoms with van der Waals surface area (Å²) in [4.78, 5) is 20.3. The van der Waals surface area contributed by atoms with Crippen LogP contribution in [0.4, 0.5) is 5.82 Å². The molecule has 0 bridgehead atoms. The molecule has 1 atom stereocenters. The van der Waals surface area contributed by atoms with E-state index in [2.05, 4.69) is 20.4 Å². The van der Waals surface area contributed by atoms with Gasteiger partial charge in [-0.2, -0.15) is 14.6 Å². The molecule has 2 heterocycles. The molecular weight excluding hydrogens is 306 g/mol. The van der Waals surface area contributed by atoms with Gasteiger partial charge in [-0.05, 0) is 13.8 Å². The zero-order valence-corrected chi connectivity index (χ0v) is 13.6. The van der Waals surface area contributed by atoms with Crippen LogP contribution in [-0.4, -0.2) is 38.2 Å². The number of esters is 1. The van der Waals surface area contributed by atoms with E-state index in [-0.39, 0.29) is 18.4 Å². The molecule has 7 nitrogen and oxygen atoms in total. The fraction of sp³-hybridized carbons (Fsp3) is 0.294. The van der Waals surface area contributed by atoms with Crippen molar-refractivity contribution in [3.05, 3.63) is 42.7 Å². The van der Waals surface area contributed by atoms with Crippen LogP contribution in [0.5, 0.6) is 0 Å². The van der Waals surface area contributed by atoms with Gasteiger partial charge >= 0.3 is 5.97 Å². The summed E-state index contributed by atoms with van der Waals surface area (Å²) >= 11 is 0. The third-order valence-electron chi connectivity index (χ3n) is 3.49. The van der Waals surface area contributed by atoms with Gasteiger partial charge < -0.3 is 10.1 Å². The summed E-state index contributed by atoms with van der Waals surface area (Å²) in [6.07, 6.45) is 1.73. The Morgan fingerprint density at radius 3 is 2.88 bits per heavy atom. The maximum Gasteiger partial charge on any atom is 0.307 e. The van der Waals surface area contributed by atoms with Gasteiger partial charge in [0.2, 0.25) is 0 Å². The summed E-state index contributed by atoms with van der Waals surface area (Å²) in [5.41, 5.74) is 1.78. The van der Waals surface area contributed by atoms with Gasteiger partial charge in [-0.1, -0.05) is 30.3 Å². The van der Waals surface area contributed by atoms with Crippen molar-refractivity contribution in [2.45, 2.75) is 26.3 Å². The van der Waals surface area contributed by atoms with Gasteiger partial charge in [0.05, 0.1) is 18.7 Å². The lowest BCUT2D eigenvalue weighted by Crippen LogP contribution is -2.22. The fourth-order valence-electron chi connectivity index (χ4n) is 2.45. The van der Waals surface area contributed by atoms with Gasteiger partial charge in [0, 0.05) is 17.7 Å². The predicted molar refractivity (Wildman–Crippen MR) is 90.6 cm³/mol. The van der Waals surface area contributed by atoms with Crippen LogP contribution >= 0.6 is 0 Å². The Kier molecular flexibility index (Phi) is 4.69. The van der Waals surface area contributed by atoms with Crippen molar-refractivity contribution in [2.75, 3.05) is 11.9 Å². The highest BCUT2D eigenvalue weighted by Crippen LogP contribution is 2.21. The fourth-order valence-corrected chi connectivity index (χ4v) is 2.45. The number of benzene rings is 1. The second-order valence-electron chi connectivity index (χ2n) is 5.42. The van der Waals surface area contributed by atoms with E-state index in [0.717, 1.165) is 17.1 Å². The minimum atomic E-state index is -0.232. The summed E-state index contributed by atoms with van der Waals surface area (Å²) in [7, 11) is 0. The topological polar surface area (TPSA) is 81.4 Å². The Morgan fingerprint density at radius 2 is 2.12 bits per heavy atom. The Morgan fingerprint density at radius 1 is 1.33 bits per heavy atom. The van der Waals surface area contributed by atoms with Crippen molar-refractivity contribution in [2.24, 2.45) is 0 Å². The van der Waals surface area contributed by atoms with Crippen molar-refractivity contribution >= 4 is 17.6 Å². The molecule has 7 heteroatoms. The van der Waals surface area contributed by atoms with E-state index >= 15 is 0 Å². The Balaban J connectivity index is 1.89. The average Bonchev–Trinajstić information content (AvgIpc) is 3.04. The third-order valence-corrected chi connectivity index (χ3v) is 3.49. The van der Waals surface area contributed by atoms with E-state index < -0.39 is 0 Å². The van der Waals surface area contributed by atoms with Crippen LogP contribution in [0.25, 0.3) is 17.0 Å². The third kappa shape index (κ3) is 3.51. The number of anilines is 1. The molecule has 0 aliphatic rings. The minimum Gasteiger partial charge on any atom is -0.466 e. The number of hydrogen-bond donors (Lipinski definition) is 1. The van der Waals surface area contributed by atoms with Gasteiger partial charge in [-0.15, -0.1) is 0 Å². The van der Waals surface area contributed by atoms with Crippen LogP contribution in [0, 0.1) is 0 Å². The SMILES string of the molecule is CCOC(=O)CC(C)Nc1cc(-c2ccccc2)nc2ncnn12. The standard InChI is InChI=1S/C17H19N5O2/c1-3-24-16(23)9-12(2)20-15-10-14(13-7-5-4-6-8-13)21-17-18-11-19-22(15)17/h4-8,10-12,20H,3,9H2,1-2H3. The Labute approximate surface area is 139 Å². The zero-order chi connectivity index (χ0) is 16.9. The van der Waals surface area contributed by atoms with E-state index in [9.17, 15) is 4.79 Å².